The van der Waals surface area contributed by atoms with Crippen LogP contribution in [0.15, 0.2) is 48.8 Å². The summed E-state index contributed by atoms with van der Waals surface area (Å²) in [6.45, 7) is 2.87. The van der Waals surface area contributed by atoms with Crippen LogP contribution in [0.5, 0.6) is 5.75 Å². The monoisotopic (exact) mass is 449 g/mol. The van der Waals surface area contributed by atoms with Crippen LogP contribution in [-0.4, -0.2) is 35.1 Å². The van der Waals surface area contributed by atoms with Gasteiger partial charge in [0.25, 0.3) is 5.91 Å². The molecule has 1 saturated heterocycles. The largest absolute Gasteiger partial charge is 0.487 e. The number of carbonyl (C=O) groups is 1. The fourth-order valence-electron chi connectivity index (χ4n) is 3.70. The Hall–Kier alpha value is -4.06. The van der Waals surface area contributed by atoms with Crippen molar-refractivity contribution in [2.75, 3.05) is 23.3 Å². The van der Waals surface area contributed by atoms with E-state index in [0.29, 0.717) is 48.7 Å². The lowest BCUT2D eigenvalue weighted by Gasteiger charge is -2.34. The predicted molar refractivity (Wildman–Crippen MR) is 118 cm³/mol. The Labute approximate surface area is 189 Å². The Kier molecular flexibility index (Phi) is 6.45. The highest BCUT2D eigenvalue weighted by atomic mass is 19.1. The summed E-state index contributed by atoms with van der Waals surface area (Å²) in [6, 6.07) is 10.4. The molecule has 4 rings (SSSR count). The molecular weight excluding hydrogens is 428 g/mol. The number of nitriles is 1. The third-order valence-electron chi connectivity index (χ3n) is 5.40. The zero-order chi connectivity index (χ0) is 23.4. The normalized spacial score (nSPS) is 13.9. The summed E-state index contributed by atoms with van der Waals surface area (Å²) in [6.07, 6.45) is 3.90. The lowest BCUT2D eigenvalue weighted by molar-refractivity contribution is 0.102. The smallest absolute Gasteiger partial charge is 0.274 e. The van der Waals surface area contributed by atoms with Crippen molar-refractivity contribution in [2.45, 2.75) is 25.9 Å². The number of amides is 1. The van der Waals surface area contributed by atoms with Crippen molar-refractivity contribution < 1.29 is 18.3 Å². The number of ether oxygens (including phenoxy) is 1. The average Bonchev–Trinajstić information content (AvgIpc) is 2.81. The first kappa shape index (κ1) is 22.1. The van der Waals surface area contributed by atoms with Gasteiger partial charge in [0, 0.05) is 44.4 Å². The quantitative estimate of drug-likeness (QED) is 0.627. The van der Waals surface area contributed by atoms with Crippen LogP contribution in [0.25, 0.3) is 0 Å². The first-order valence-electron chi connectivity index (χ1n) is 10.4. The molecule has 33 heavy (non-hydrogen) atoms. The molecule has 1 aliphatic heterocycles. The molecule has 0 aliphatic carbocycles. The maximum Gasteiger partial charge on any atom is 0.274 e. The number of rotatable bonds is 5. The zero-order valence-corrected chi connectivity index (χ0v) is 17.9. The first-order valence-corrected chi connectivity index (χ1v) is 10.4. The summed E-state index contributed by atoms with van der Waals surface area (Å²) in [5.41, 5.74) is 1.75. The summed E-state index contributed by atoms with van der Waals surface area (Å²) < 4.78 is 32.7. The summed E-state index contributed by atoms with van der Waals surface area (Å²) in [5, 5.41) is 12.1. The van der Waals surface area contributed by atoms with E-state index in [0.717, 1.165) is 17.7 Å². The van der Waals surface area contributed by atoms with E-state index in [2.05, 4.69) is 15.3 Å². The van der Waals surface area contributed by atoms with Crippen molar-refractivity contribution in [3.63, 3.8) is 0 Å². The summed E-state index contributed by atoms with van der Waals surface area (Å²) in [4.78, 5) is 23.3. The van der Waals surface area contributed by atoms with Crippen molar-refractivity contribution in [2.24, 2.45) is 0 Å². The van der Waals surface area contributed by atoms with Crippen LogP contribution in [-0.2, 0) is 0 Å². The molecule has 3 heterocycles. The molecule has 0 saturated carbocycles. The Bertz CT molecular complexity index is 1220. The van der Waals surface area contributed by atoms with Gasteiger partial charge in [-0.2, -0.15) is 5.26 Å². The highest BCUT2D eigenvalue weighted by molar-refractivity contribution is 6.05. The van der Waals surface area contributed by atoms with Crippen LogP contribution in [0.2, 0.25) is 0 Å². The number of pyridine rings is 2. The van der Waals surface area contributed by atoms with Crippen molar-refractivity contribution in [3.8, 4) is 11.8 Å². The molecule has 0 bridgehead atoms. The van der Waals surface area contributed by atoms with Crippen LogP contribution < -0.4 is 15.0 Å². The van der Waals surface area contributed by atoms with E-state index in [9.17, 15) is 18.8 Å². The van der Waals surface area contributed by atoms with Crippen molar-refractivity contribution in [1.29, 1.82) is 5.26 Å². The molecule has 2 aromatic heterocycles. The van der Waals surface area contributed by atoms with Crippen molar-refractivity contribution in [1.82, 2.24) is 9.97 Å². The highest BCUT2D eigenvalue weighted by Crippen LogP contribution is 2.29. The number of piperidine rings is 1. The Morgan fingerprint density at radius 2 is 2.00 bits per heavy atom. The molecular formula is C24H21F2N5O2. The third-order valence-corrected chi connectivity index (χ3v) is 5.40. The molecule has 0 radical (unpaired) electrons. The maximum atomic E-state index is 13.9. The maximum absolute atomic E-state index is 13.9. The lowest BCUT2D eigenvalue weighted by atomic mass is 10.1. The molecule has 1 aliphatic rings. The number of benzene rings is 1. The number of halogens is 2. The molecule has 0 spiro atoms. The van der Waals surface area contributed by atoms with Gasteiger partial charge in [-0.3, -0.25) is 9.78 Å². The second-order valence-electron chi connectivity index (χ2n) is 7.71. The van der Waals surface area contributed by atoms with Gasteiger partial charge in [-0.25, -0.2) is 13.8 Å². The van der Waals surface area contributed by atoms with Gasteiger partial charge in [-0.05, 0) is 36.8 Å². The van der Waals surface area contributed by atoms with E-state index in [-0.39, 0.29) is 11.9 Å². The Morgan fingerprint density at radius 3 is 2.70 bits per heavy atom. The van der Waals surface area contributed by atoms with Crippen LogP contribution in [0.1, 0.15) is 34.5 Å². The molecule has 3 aromatic rings. The molecule has 0 unspecified atom stereocenters. The molecule has 0 atom stereocenters. The van der Waals surface area contributed by atoms with Gasteiger partial charge in [0.2, 0.25) is 0 Å². The van der Waals surface area contributed by atoms with Crippen LogP contribution in [0.3, 0.4) is 0 Å². The minimum atomic E-state index is -0.735. The second-order valence-corrected chi connectivity index (χ2v) is 7.71. The topological polar surface area (TPSA) is 91.1 Å². The standard InChI is InChI=1S/C24H21F2N5O2/c1-15-3-2-8-28-22(15)24(32)30-20-11-16(13-27)14-29-23(20)31-9-6-18(7-10-31)33-21-5-4-17(25)12-19(21)26/h2-5,8,11-12,14,18H,6-7,9-10H2,1H3,(H,30,32). The van der Waals surface area contributed by atoms with E-state index in [1.54, 1.807) is 31.3 Å². The van der Waals surface area contributed by atoms with E-state index < -0.39 is 17.5 Å². The summed E-state index contributed by atoms with van der Waals surface area (Å²) in [5.74, 6) is -1.23. The van der Waals surface area contributed by atoms with Crippen LogP contribution >= 0.6 is 0 Å². The minimum absolute atomic E-state index is 0.0185. The number of carbonyl (C=O) groups excluding carboxylic acids is 1. The van der Waals surface area contributed by atoms with Gasteiger partial charge in [-0.15, -0.1) is 0 Å². The van der Waals surface area contributed by atoms with Gasteiger partial charge < -0.3 is 15.0 Å². The molecule has 1 fully saturated rings. The van der Waals surface area contributed by atoms with Crippen molar-refractivity contribution in [3.05, 3.63) is 77.2 Å². The number of nitrogens with one attached hydrogen (secondary N) is 1. The van der Waals surface area contributed by atoms with Gasteiger partial charge in [-0.1, -0.05) is 6.07 Å². The van der Waals surface area contributed by atoms with Crippen LogP contribution in [0.4, 0.5) is 20.3 Å². The number of nitrogens with zero attached hydrogens (tertiary/aromatic N) is 4. The Morgan fingerprint density at radius 1 is 1.21 bits per heavy atom. The number of anilines is 2. The van der Waals surface area contributed by atoms with Gasteiger partial charge in [0.05, 0.1) is 11.3 Å². The highest BCUT2D eigenvalue weighted by Gasteiger charge is 2.25. The Balaban J connectivity index is 1.48. The van der Waals surface area contributed by atoms with Crippen molar-refractivity contribution >= 4 is 17.4 Å². The fraction of sp³-hybridized carbons (Fsp3) is 0.250. The SMILES string of the molecule is Cc1cccnc1C(=O)Nc1cc(C#N)cnc1N1CCC(Oc2ccc(F)cc2F)CC1. The molecule has 1 aromatic carbocycles. The molecule has 7 nitrogen and oxygen atoms in total. The predicted octanol–water partition coefficient (Wildman–Crippen LogP) is 4.24. The zero-order valence-electron chi connectivity index (χ0n) is 17.9. The minimum Gasteiger partial charge on any atom is -0.487 e. The van der Waals surface area contributed by atoms with E-state index in [1.807, 2.05) is 11.0 Å². The van der Waals surface area contributed by atoms with Gasteiger partial charge >= 0.3 is 0 Å². The van der Waals surface area contributed by atoms with E-state index in [4.69, 9.17) is 4.74 Å². The molecule has 168 valence electrons. The second kappa shape index (κ2) is 9.61. The average molecular weight is 449 g/mol. The van der Waals surface area contributed by atoms with Gasteiger partial charge in [0.1, 0.15) is 23.7 Å². The number of hydrogen-bond acceptors (Lipinski definition) is 6. The van der Waals surface area contributed by atoms with E-state index in [1.165, 1.54) is 12.3 Å². The number of aromatic nitrogens is 2. The van der Waals surface area contributed by atoms with E-state index >= 15 is 0 Å². The van der Waals surface area contributed by atoms with Gasteiger partial charge in [0.15, 0.2) is 17.4 Å². The summed E-state index contributed by atoms with van der Waals surface area (Å²) >= 11 is 0. The fourth-order valence-corrected chi connectivity index (χ4v) is 3.70. The lowest BCUT2D eigenvalue weighted by Crippen LogP contribution is -2.39. The first-order chi connectivity index (χ1) is 15.9. The molecule has 9 heteroatoms. The molecule has 1 N–H and O–H groups in total. The van der Waals surface area contributed by atoms with Crippen LogP contribution in [0, 0.1) is 29.9 Å². The summed E-state index contributed by atoms with van der Waals surface area (Å²) in [7, 11) is 0. The number of aryl methyl sites for hydroxylation is 1. The molecule has 1 amide bonds. The third kappa shape index (κ3) is 5.06. The number of hydrogen-bond donors (Lipinski definition) is 1.